The minimum absolute atomic E-state index is 0. The van der Waals surface area contributed by atoms with Crippen molar-refractivity contribution in [1.82, 2.24) is 9.62 Å². The number of halogens is 1. The summed E-state index contributed by atoms with van der Waals surface area (Å²) in [6.07, 6.45) is 3.73. The number of nitrogens with one attached hydrogen (secondary N) is 1. The van der Waals surface area contributed by atoms with Gasteiger partial charge in [0.2, 0.25) is 10.0 Å². The molecule has 0 saturated carbocycles. The summed E-state index contributed by atoms with van der Waals surface area (Å²) in [5.74, 6) is 0.885. The molecule has 1 N–H and O–H groups in total. The molecule has 1 fully saturated rings. The summed E-state index contributed by atoms with van der Waals surface area (Å²) in [5.41, 5.74) is 1.09. The molecule has 126 valence electrons. The zero-order valence-corrected chi connectivity index (χ0v) is 14.8. The van der Waals surface area contributed by atoms with Crippen molar-refractivity contribution in [3.8, 4) is 0 Å². The summed E-state index contributed by atoms with van der Waals surface area (Å²) in [5, 5.41) is 3.16. The average Bonchev–Trinajstić information content (AvgIpc) is 2.52. The van der Waals surface area contributed by atoms with Crippen molar-refractivity contribution < 1.29 is 8.42 Å². The molecule has 6 heteroatoms. The lowest BCUT2D eigenvalue weighted by Gasteiger charge is -2.31. The third kappa shape index (κ3) is 5.88. The van der Waals surface area contributed by atoms with Gasteiger partial charge in [0.1, 0.15) is 0 Å². The number of nitrogens with zero attached hydrogens (tertiary/aromatic N) is 1. The van der Waals surface area contributed by atoms with E-state index in [9.17, 15) is 8.42 Å². The number of hydrogen-bond donors (Lipinski definition) is 1. The Morgan fingerprint density at radius 3 is 2.41 bits per heavy atom. The first-order valence-corrected chi connectivity index (χ1v) is 9.39. The third-order valence-corrected chi connectivity index (χ3v) is 6.13. The molecule has 0 bridgehead atoms. The second-order valence-electron chi connectivity index (χ2n) is 5.79. The van der Waals surface area contributed by atoms with Crippen LogP contribution < -0.4 is 5.32 Å². The number of benzene rings is 1. The summed E-state index contributed by atoms with van der Waals surface area (Å²) in [6.45, 7) is 2.39. The van der Waals surface area contributed by atoms with Gasteiger partial charge in [-0.3, -0.25) is 0 Å². The Labute approximate surface area is 140 Å². The molecule has 1 saturated heterocycles. The fraction of sp³-hybridized carbons (Fsp3) is 0.625. The van der Waals surface area contributed by atoms with Crippen LogP contribution in [0.15, 0.2) is 30.3 Å². The molecule has 0 atom stereocenters. The van der Waals surface area contributed by atoms with Crippen LogP contribution in [-0.2, 0) is 16.4 Å². The Hall–Kier alpha value is -0.620. The quantitative estimate of drug-likeness (QED) is 0.824. The van der Waals surface area contributed by atoms with Crippen molar-refractivity contribution in [2.75, 3.05) is 32.4 Å². The first-order valence-electron chi connectivity index (χ1n) is 7.78. The van der Waals surface area contributed by atoms with Crippen molar-refractivity contribution in [1.29, 1.82) is 0 Å². The maximum Gasteiger partial charge on any atom is 0.214 e. The van der Waals surface area contributed by atoms with Crippen molar-refractivity contribution in [2.24, 2.45) is 5.92 Å². The number of hydrogen-bond acceptors (Lipinski definition) is 3. The van der Waals surface area contributed by atoms with Gasteiger partial charge >= 0.3 is 0 Å². The monoisotopic (exact) mass is 346 g/mol. The molecular weight excluding hydrogens is 320 g/mol. The summed E-state index contributed by atoms with van der Waals surface area (Å²) >= 11 is 0. The van der Waals surface area contributed by atoms with Gasteiger partial charge in [0.05, 0.1) is 5.75 Å². The summed E-state index contributed by atoms with van der Waals surface area (Å²) in [6, 6.07) is 9.83. The second-order valence-corrected chi connectivity index (χ2v) is 7.87. The molecule has 22 heavy (non-hydrogen) atoms. The third-order valence-electron chi connectivity index (χ3n) is 4.26. The number of rotatable bonds is 7. The minimum atomic E-state index is -3.11. The second kappa shape index (κ2) is 9.50. The highest BCUT2D eigenvalue weighted by molar-refractivity contribution is 7.89. The van der Waals surface area contributed by atoms with E-state index in [1.807, 2.05) is 37.4 Å². The Morgan fingerprint density at radius 1 is 1.18 bits per heavy atom. The maximum absolute atomic E-state index is 12.4. The Bertz CT molecular complexity index is 514. The molecule has 1 aliphatic heterocycles. The van der Waals surface area contributed by atoms with Crippen molar-refractivity contribution in [3.05, 3.63) is 35.9 Å². The lowest BCUT2D eigenvalue weighted by atomic mass is 9.95. The van der Waals surface area contributed by atoms with Crippen molar-refractivity contribution in [2.45, 2.75) is 25.7 Å². The zero-order chi connectivity index (χ0) is 15.1. The molecule has 0 spiro atoms. The van der Waals surface area contributed by atoms with Crippen LogP contribution in [0.4, 0.5) is 0 Å². The van der Waals surface area contributed by atoms with Crippen LogP contribution in [0.5, 0.6) is 0 Å². The fourth-order valence-electron chi connectivity index (χ4n) is 2.85. The highest BCUT2D eigenvalue weighted by atomic mass is 35.5. The zero-order valence-electron chi connectivity index (χ0n) is 13.2. The molecule has 1 aromatic rings. The van der Waals surface area contributed by atoms with E-state index in [1.165, 1.54) is 0 Å². The lowest BCUT2D eigenvalue weighted by molar-refractivity contribution is 0.263. The van der Waals surface area contributed by atoms with Crippen LogP contribution in [0.25, 0.3) is 0 Å². The van der Waals surface area contributed by atoms with Gasteiger partial charge in [0.25, 0.3) is 0 Å². The van der Waals surface area contributed by atoms with E-state index >= 15 is 0 Å². The topological polar surface area (TPSA) is 49.4 Å². The van der Waals surface area contributed by atoms with Crippen LogP contribution in [0.1, 0.15) is 24.8 Å². The fourth-order valence-corrected chi connectivity index (χ4v) is 4.36. The van der Waals surface area contributed by atoms with E-state index in [2.05, 4.69) is 5.32 Å². The Balaban J connectivity index is 0.00000242. The van der Waals surface area contributed by atoms with Gasteiger partial charge < -0.3 is 5.32 Å². The summed E-state index contributed by atoms with van der Waals surface area (Å²) in [4.78, 5) is 0. The van der Waals surface area contributed by atoms with E-state index in [0.29, 0.717) is 25.4 Å². The summed E-state index contributed by atoms with van der Waals surface area (Å²) in [7, 11) is -1.15. The van der Waals surface area contributed by atoms with Gasteiger partial charge in [-0.15, -0.1) is 12.4 Å². The molecule has 0 amide bonds. The first kappa shape index (κ1) is 19.4. The smallest absolute Gasteiger partial charge is 0.214 e. The van der Waals surface area contributed by atoms with Gasteiger partial charge in [0.15, 0.2) is 0 Å². The molecule has 0 aromatic heterocycles. The average molecular weight is 347 g/mol. The minimum Gasteiger partial charge on any atom is -0.320 e. The van der Waals surface area contributed by atoms with Crippen LogP contribution in [0, 0.1) is 5.92 Å². The molecular formula is C16H27ClN2O2S. The van der Waals surface area contributed by atoms with Gasteiger partial charge in [-0.05, 0) is 50.8 Å². The lowest BCUT2D eigenvalue weighted by Crippen LogP contribution is -2.40. The largest absolute Gasteiger partial charge is 0.320 e. The van der Waals surface area contributed by atoms with Gasteiger partial charge in [-0.1, -0.05) is 30.3 Å². The highest BCUT2D eigenvalue weighted by Gasteiger charge is 2.27. The highest BCUT2D eigenvalue weighted by Crippen LogP contribution is 2.22. The molecule has 0 aliphatic carbocycles. The number of aryl methyl sites for hydroxylation is 1. The Kier molecular flexibility index (Phi) is 8.39. The van der Waals surface area contributed by atoms with Crippen LogP contribution in [0.2, 0.25) is 0 Å². The number of sulfonamides is 1. The summed E-state index contributed by atoms with van der Waals surface area (Å²) < 4.78 is 26.5. The van der Waals surface area contributed by atoms with Gasteiger partial charge in [-0.2, -0.15) is 0 Å². The molecule has 2 rings (SSSR count). The molecule has 0 radical (unpaired) electrons. The van der Waals surface area contributed by atoms with Crippen molar-refractivity contribution in [3.63, 3.8) is 0 Å². The van der Waals surface area contributed by atoms with Crippen LogP contribution in [-0.4, -0.2) is 45.2 Å². The van der Waals surface area contributed by atoms with Gasteiger partial charge in [0, 0.05) is 13.1 Å². The normalized spacial score (nSPS) is 17.1. The first-order chi connectivity index (χ1) is 10.1. The van der Waals surface area contributed by atoms with E-state index in [0.717, 1.165) is 31.4 Å². The van der Waals surface area contributed by atoms with Gasteiger partial charge in [-0.25, -0.2) is 12.7 Å². The van der Waals surface area contributed by atoms with E-state index in [-0.39, 0.29) is 18.2 Å². The molecule has 4 nitrogen and oxygen atoms in total. The standard InChI is InChI=1S/C16H26N2O2S.ClH/c1-17-11-7-16-8-12-18(13-9-16)21(19,20)14-10-15-5-3-2-4-6-15;/h2-6,16-17H,7-14H2,1H3;1H. The molecule has 1 heterocycles. The predicted octanol–water partition coefficient (Wildman–Crippen LogP) is 2.30. The Morgan fingerprint density at radius 2 is 1.82 bits per heavy atom. The predicted molar refractivity (Wildman–Crippen MR) is 94.0 cm³/mol. The van der Waals surface area contributed by atoms with E-state index in [4.69, 9.17) is 0 Å². The van der Waals surface area contributed by atoms with E-state index in [1.54, 1.807) is 4.31 Å². The molecule has 1 aromatic carbocycles. The van der Waals surface area contributed by atoms with E-state index < -0.39 is 10.0 Å². The van der Waals surface area contributed by atoms with Crippen LogP contribution in [0.3, 0.4) is 0 Å². The molecule has 1 aliphatic rings. The maximum atomic E-state index is 12.4. The van der Waals surface area contributed by atoms with Crippen molar-refractivity contribution >= 4 is 22.4 Å². The molecule has 0 unspecified atom stereocenters. The number of piperidine rings is 1. The van der Waals surface area contributed by atoms with Crippen LogP contribution >= 0.6 is 12.4 Å². The SMILES string of the molecule is CNCCC1CCN(S(=O)(=O)CCc2ccccc2)CC1.Cl.